The van der Waals surface area contributed by atoms with E-state index in [0.717, 1.165) is 22.4 Å². The summed E-state index contributed by atoms with van der Waals surface area (Å²) in [6.07, 6.45) is 1.74. The number of benzene rings is 1. The number of aryl methyl sites for hydroxylation is 1. The van der Waals surface area contributed by atoms with Gasteiger partial charge < -0.3 is 5.32 Å². The fraction of sp³-hybridized carbons (Fsp3) is 0.227. The number of fused-ring (bicyclic) bond motifs is 1. The maximum atomic E-state index is 13.2. The third-order valence-electron chi connectivity index (χ3n) is 4.91. The van der Waals surface area contributed by atoms with Gasteiger partial charge in [-0.2, -0.15) is 5.10 Å². The van der Waals surface area contributed by atoms with Crippen LogP contribution in [0.2, 0.25) is 0 Å². The predicted molar refractivity (Wildman–Crippen MR) is 128 cm³/mol. The number of nitrogens with zero attached hydrogens (tertiary/aromatic N) is 3. The van der Waals surface area contributed by atoms with Gasteiger partial charge in [0.2, 0.25) is 0 Å². The van der Waals surface area contributed by atoms with Crippen molar-refractivity contribution < 1.29 is 4.79 Å². The standard InChI is InChI=1S/C22H20N4OS3/c1-14-10-18(19-12-23-26(20(19)24-14)13-17-6-3-7-28-17)21(27)25-16-5-2-4-15(11-16)22-29-8-9-30-22/h2-7,10-12,22H,8-9,13H2,1H3,(H,25,27). The number of hydrogen-bond donors (Lipinski definition) is 1. The molecule has 8 heteroatoms. The highest BCUT2D eigenvalue weighted by molar-refractivity contribution is 8.19. The number of anilines is 1. The van der Waals surface area contributed by atoms with Crippen molar-refractivity contribution in [2.75, 3.05) is 16.8 Å². The molecular weight excluding hydrogens is 432 g/mol. The molecule has 0 unspecified atom stereocenters. The zero-order valence-corrected chi connectivity index (χ0v) is 18.8. The first kappa shape index (κ1) is 19.7. The second-order valence-corrected chi connectivity index (χ2v) is 10.8. The lowest BCUT2D eigenvalue weighted by molar-refractivity contribution is 0.102. The minimum atomic E-state index is -0.134. The Morgan fingerprint density at radius 1 is 1.20 bits per heavy atom. The van der Waals surface area contributed by atoms with E-state index in [1.165, 1.54) is 21.9 Å². The summed E-state index contributed by atoms with van der Waals surface area (Å²) in [4.78, 5) is 19.0. The van der Waals surface area contributed by atoms with E-state index in [1.54, 1.807) is 17.5 Å². The van der Waals surface area contributed by atoms with E-state index in [2.05, 4.69) is 39.0 Å². The number of carbonyl (C=O) groups excluding carboxylic acids is 1. The summed E-state index contributed by atoms with van der Waals surface area (Å²) in [6, 6.07) is 14.1. The molecule has 4 heterocycles. The first-order valence-corrected chi connectivity index (χ1v) is 12.7. The van der Waals surface area contributed by atoms with Crippen molar-refractivity contribution in [1.82, 2.24) is 14.8 Å². The molecule has 1 N–H and O–H groups in total. The molecule has 0 aliphatic carbocycles. The monoisotopic (exact) mass is 452 g/mol. The van der Waals surface area contributed by atoms with Crippen LogP contribution in [0.4, 0.5) is 5.69 Å². The van der Waals surface area contributed by atoms with Gasteiger partial charge in [-0.3, -0.25) is 4.79 Å². The zero-order valence-electron chi connectivity index (χ0n) is 16.4. The van der Waals surface area contributed by atoms with Gasteiger partial charge in [-0.1, -0.05) is 18.2 Å². The van der Waals surface area contributed by atoms with Crippen LogP contribution in [0.25, 0.3) is 11.0 Å². The van der Waals surface area contributed by atoms with E-state index in [4.69, 9.17) is 0 Å². The van der Waals surface area contributed by atoms with E-state index in [0.29, 0.717) is 16.7 Å². The van der Waals surface area contributed by atoms with Crippen LogP contribution in [0.1, 0.15) is 31.1 Å². The molecule has 0 saturated carbocycles. The highest BCUT2D eigenvalue weighted by Crippen LogP contribution is 2.45. The molecule has 152 valence electrons. The van der Waals surface area contributed by atoms with Crippen LogP contribution >= 0.6 is 34.9 Å². The van der Waals surface area contributed by atoms with Crippen molar-refractivity contribution in [3.63, 3.8) is 0 Å². The number of thiophene rings is 1. The molecule has 1 amide bonds. The van der Waals surface area contributed by atoms with Crippen molar-refractivity contribution in [3.05, 3.63) is 75.7 Å². The van der Waals surface area contributed by atoms with Crippen molar-refractivity contribution in [2.24, 2.45) is 0 Å². The topological polar surface area (TPSA) is 59.8 Å². The third-order valence-corrected chi connectivity index (χ3v) is 8.87. The Balaban J connectivity index is 1.43. The molecule has 5 nitrogen and oxygen atoms in total. The van der Waals surface area contributed by atoms with Crippen molar-refractivity contribution >= 4 is 57.5 Å². The van der Waals surface area contributed by atoms with Crippen LogP contribution in [-0.4, -0.2) is 32.2 Å². The highest BCUT2D eigenvalue weighted by Gasteiger charge is 2.20. The number of hydrogen-bond acceptors (Lipinski definition) is 6. The van der Waals surface area contributed by atoms with Crippen LogP contribution < -0.4 is 5.32 Å². The zero-order chi connectivity index (χ0) is 20.5. The van der Waals surface area contributed by atoms with E-state index in [1.807, 2.05) is 59.4 Å². The van der Waals surface area contributed by atoms with Gasteiger partial charge >= 0.3 is 0 Å². The summed E-state index contributed by atoms with van der Waals surface area (Å²) >= 11 is 5.60. The molecular formula is C22H20N4OS3. The average molecular weight is 453 g/mol. The highest BCUT2D eigenvalue weighted by atomic mass is 32.2. The Morgan fingerprint density at radius 2 is 2.07 bits per heavy atom. The van der Waals surface area contributed by atoms with Gasteiger partial charge in [0.1, 0.15) is 0 Å². The van der Waals surface area contributed by atoms with Crippen molar-refractivity contribution in [2.45, 2.75) is 18.1 Å². The average Bonchev–Trinajstić information content (AvgIpc) is 3.51. The Kier molecular flexibility index (Phi) is 5.54. The Bertz CT molecular complexity index is 1200. The summed E-state index contributed by atoms with van der Waals surface area (Å²) in [5.41, 5.74) is 4.21. The SMILES string of the molecule is Cc1cc(C(=O)Nc2cccc(C3SCCS3)c2)c2cnn(Cc3cccs3)c2n1. The van der Waals surface area contributed by atoms with Gasteiger partial charge in [-0.25, -0.2) is 9.67 Å². The summed E-state index contributed by atoms with van der Waals surface area (Å²) in [6.45, 7) is 2.56. The van der Waals surface area contributed by atoms with E-state index >= 15 is 0 Å². The molecule has 1 aliphatic heterocycles. The lowest BCUT2D eigenvalue weighted by Crippen LogP contribution is -2.13. The summed E-state index contributed by atoms with van der Waals surface area (Å²) in [7, 11) is 0. The summed E-state index contributed by atoms with van der Waals surface area (Å²) in [5.74, 6) is 2.22. The first-order chi connectivity index (χ1) is 14.7. The molecule has 3 aromatic heterocycles. The largest absolute Gasteiger partial charge is 0.322 e. The van der Waals surface area contributed by atoms with Gasteiger partial charge in [0, 0.05) is 27.8 Å². The van der Waals surface area contributed by atoms with E-state index in [-0.39, 0.29) is 5.91 Å². The molecule has 5 rings (SSSR count). The van der Waals surface area contributed by atoms with Gasteiger partial charge in [0.05, 0.1) is 28.3 Å². The maximum absolute atomic E-state index is 13.2. The number of pyridine rings is 1. The van der Waals surface area contributed by atoms with Gasteiger partial charge in [0.15, 0.2) is 5.65 Å². The van der Waals surface area contributed by atoms with Crippen LogP contribution in [0.15, 0.2) is 54.0 Å². The molecule has 30 heavy (non-hydrogen) atoms. The number of rotatable bonds is 5. The minimum absolute atomic E-state index is 0.134. The van der Waals surface area contributed by atoms with Crippen LogP contribution in [0.3, 0.4) is 0 Å². The number of thioether (sulfide) groups is 2. The first-order valence-electron chi connectivity index (χ1n) is 9.67. The number of carbonyl (C=O) groups is 1. The summed E-state index contributed by atoms with van der Waals surface area (Å²) < 4.78 is 2.31. The number of nitrogens with one attached hydrogen (secondary N) is 1. The molecule has 1 fully saturated rings. The smallest absolute Gasteiger partial charge is 0.256 e. The Hall–Kier alpha value is -2.29. The fourth-order valence-electron chi connectivity index (χ4n) is 3.54. The third kappa shape index (κ3) is 3.99. The van der Waals surface area contributed by atoms with Gasteiger partial charge in [-0.15, -0.1) is 34.9 Å². The number of aromatic nitrogens is 3. The summed E-state index contributed by atoms with van der Waals surface area (Å²) in [5, 5.41) is 10.4. The van der Waals surface area contributed by atoms with Crippen molar-refractivity contribution in [3.8, 4) is 0 Å². The van der Waals surface area contributed by atoms with Crippen LogP contribution in [0, 0.1) is 6.92 Å². The van der Waals surface area contributed by atoms with Crippen LogP contribution in [-0.2, 0) is 6.54 Å². The molecule has 0 radical (unpaired) electrons. The Labute approximate surface area is 187 Å². The molecule has 0 bridgehead atoms. The maximum Gasteiger partial charge on any atom is 0.256 e. The molecule has 4 aromatic rings. The van der Waals surface area contributed by atoms with Crippen molar-refractivity contribution in [1.29, 1.82) is 0 Å². The molecule has 0 atom stereocenters. The molecule has 0 spiro atoms. The minimum Gasteiger partial charge on any atom is -0.322 e. The van der Waals surface area contributed by atoms with Gasteiger partial charge in [-0.05, 0) is 42.1 Å². The Morgan fingerprint density at radius 3 is 2.87 bits per heavy atom. The predicted octanol–water partition coefficient (Wildman–Crippen LogP) is 5.58. The normalized spacial score (nSPS) is 14.4. The molecule has 1 aliphatic rings. The van der Waals surface area contributed by atoms with Gasteiger partial charge in [0.25, 0.3) is 5.91 Å². The quantitative estimate of drug-likeness (QED) is 0.428. The van der Waals surface area contributed by atoms with E-state index in [9.17, 15) is 4.79 Å². The molecule has 1 aromatic carbocycles. The molecule has 1 saturated heterocycles. The number of amides is 1. The van der Waals surface area contributed by atoms with Crippen LogP contribution in [0.5, 0.6) is 0 Å². The fourth-order valence-corrected chi connectivity index (χ4v) is 7.06. The second-order valence-electron chi connectivity index (χ2n) is 7.08. The lowest BCUT2D eigenvalue weighted by atomic mass is 10.1. The lowest BCUT2D eigenvalue weighted by Gasteiger charge is -2.12. The second kappa shape index (κ2) is 8.45. The van der Waals surface area contributed by atoms with E-state index < -0.39 is 0 Å².